The topological polar surface area (TPSA) is 30.3 Å². The van der Waals surface area contributed by atoms with Gasteiger partial charge in [0.2, 0.25) is 0 Å². The zero-order valence-corrected chi connectivity index (χ0v) is 13.7. The molecule has 3 rings (SSSR count). The van der Waals surface area contributed by atoms with Crippen LogP contribution in [-0.2, 0) is 11.3 Å². The average Bonchev–Trinajstić information content (AvgIpc) is 2.94. The summed E-state index contributed by atoms with van der Waals surface area (Å²) >= 11 is 5.95. The minimum atomic E-state index is 0.151. The van der Waals surface area contributed by atoms with E-state index in [1.165, 1.54) is 11.1 Å². The summed E-state index contributed by atoms with van der Waals surface area (Å²) in [5.41, 5.74) is 2.42. The molecule has 1 aliphatic rings. The van der Waals surface area contributed by atoms with E-state index >= 15 is 0 Å². The van der Waals surface area contributed by atoms with Crippen LogP contribution in [-0.4, -0.2) is 40.9 Å². The molecule has 4 nitrogen and oxygen atoms in total. The van der Waals surface area contributed by atoms with Crippen LogP contribution < -0.4 is 0 Å². The van der Waals surface area contributed by atoms with Gasteiger partial charge in [0.15, 0.2) is 0 Å². The minimum absolute atomic E-state index is 0.151. The number of hydrogen-bond acceptors (Lipinski definition) is 3. The third-order valence-electron chi connectivity index (χ3n) is 4.02. The summed E-state index contributed by atoms with van der Waals surface area (Å²) in [4.78, 5) is 2.47. The molecule has 2 aromatic rings. The molecular weight excluding hydrogens is 298 g/mol. The van der Waals surface area contributed by atoms with E-state index in [2.05, 4.69) is 35.3 Å². The van der Waals surface area contributed by atoms with Crippen LogP contribution in [0.15, 0.2) is 36.7 Å². The first-order valence-electron chi connectivity index (χ1n) is 7.79. The third kappa shape index (κ3) is 4.09. The van der Waals surface area contributed by atoms with E-state index in [1.807, 2.05) is 23.0 Å². The molecular formula is C17H22ClN3O. The Morgan fingerprint density at radius 2 is 2.09 bits per heavy atom. The van der Waals surface area contributed by atoms with Crippen molar-refractivity contribution in [2.24, 2.45) is 0 Å². The molecule has 1 saturated heterocycles. The molecule has 0 bridgehead atoms. The molecule has 118 valence electrons. The standard InChI is InChI=1S/C17H22ClN3O/c1-14-11-19-21(12-14)8-2-7-20-9-10-22-17(13-20)15-3-5-16(18)6-4-15/h3-6,11-12,17H,2,7-10,13H2,1H3. The van der Waals surface area contributed by atoms with Crippen molar-refractivity contribution < 1.29 is 4.74 Å². The Morgan fingerprint density at radius 1 is 1.27 bits per heavy atom. The van der Waals surface area contributed by atoms with Crippen molar-refractivity contribution in [3.05, 3.63) is 52.8 Å². The second-order valence-corrected chi connectivity index (χ2v) is 6.28. The lowest BCUT2D eigenvalue weighted by Gasteiger charge is -2.33. The Bertz CT molecular complexity index is 596. The summed E-state index contributed by atoms with van der Waals surface area (Å²) in [5.74, 6) is 0. The predicted octanol–water partition coefficient (Wildman–Crippen LogP) is 3.31. The molecule has 1 aliphatic heterocycles. The van der Waals surface area contributed by atoms with Gasteiger partial charge in [-0.3, -0.25) is 9.58 Å². The fourth-order valence-corrected chi connectivity index (χ4v) is 2.96. The van der Waals surface area contributed by atoms with Crippen LogP contribution in [0.2, 0.25) is 5.02 Å². The first kappa shape index (κ1) is 15.5. The van der Waals surface area contributed by atoms with E-state index in [-0.39, 0.29) is 6.10 Å². The van der Waals surface area contributed by atoms with Gasteiger partial charge in [0.05, 0.1) is 18.9 Å². The van der Waals surface area contributed by atoms with Gasteiger partial charge in [0.25, 0.3) is 0 Å². The Balaban J connectivity index is 1.49. The van der Waals surface area contributed by atoms with Gasteiger partial charge in [0, 0.05) is 37.4 Å². The third-order valence-corrected chi connectivity index (χ3v) is 4.27. The highest BCUT2D eigenvalue weighted by Gasteiger charge is 2.21. The van der Waals surface area contributed by atoms with Crippen molar-refractivity contribution in [3.8, 4) is 0 Å². The largest absolute Gasteiger partial charge is 0.371 e. The SMILES string of the molecule is Cc1cnn(CCCN2CCOC(c3ccc(Cl)cc3)C2)c1. The van der Waals surface area contributed by atoms with E-state index in [4.69, 9.17) is 16.3 Å². The summed E-state index contributed by atoms with van der Waals surface area (Å²) in [6.07, 6.45) is 5.26. The Kier molecular flexibility index (Phi) is 5.13. The number of halogens is 1. The summed E-state index contributed by atoms with van der Waals surface area (Å²) in [5, 5.41) is 5.10. The highest BCUT2D eigenvalue weighted by molar-refractivity contribution is 6.30. The van der Waals surface area contributed by atoms with Crippen molar-refractivity contribution >= 4 is 11.6 Å². The van der Waals surface area contributed by atoms with Gasteiger partial charge < -0.3 is 4.74 Å². The maximum Gasteiger partial charge on any atom is 0.0952 e. The molecule has 0 amide bonds. The smallest absolute Gasteiger partial charge is 0.0952 e. The molecule has 1 unspecified atom stereocenters. The highest BCUT2D eigenvalue weighted by Crippen LogP contribution is 2.23. The molecule has 1 atom stereocenters. The molecule has 0 radical (unpaired) electrons. The quantitative estimate of drug-likeness (QED) is 0.847. The fraction of sp³-hybridized carbons (Fsp3) is 0.471. The Hall–Kier alpha value is -1.36. The van der Waals surface area contributed by atoms with Crippen molar-refractivity contribution in [2.45, 2.75) is 26.0 Å². The maximum atomic E-state index is 5.95. The summed E-state index contributed by atoms with van der Waals surface area (Å²) in [7, 11) is 0. The van der Waals surface area contributed by atoms with Crippen LogP contribution in [0.1, 0.15) is 23.7 Å². The lowest BCUT2D eigenvalue weighted by atomic mass is 10.1. The highest BCUT2D eigenvalue weighted by atomic mass is 35.5. The molecule has 5 heteroatoms. The van der Waals surface area contributed by atoms with Crippen LogP contribution in [0.3, 0.4) is 0 Å². The number of benzene rings is 1. The first-order chi connectivity index (χ1) is 10.7. The maximum absolute atomic E-state index is 5.95. The van der Waals surface area contributed by atoms with E-state index in [1.54, 1.807) is 0 Å². The van der Waals surface area contributed by atoms with Crippen molar-refractivity contribution in [1.29, 1.82) is 0 Å². The molecule has 22 heavy (non-hydrogen) atoms. The average molecular weight is 320 g/mol. The summed E-state index contributed by atoms with van der Waals surface area (Å²) in [6, 6.07) is 7.98. The van der Waals surface area contributed by atoms with Crippen molar-refractivity contribution in [1.82, 2.24) is 14.7 Å². The first-order valence-corrected chi connectivity index (χ1v) is 8.17. The van der Waals surface area contributed by atoms with Crippen molar-refractivity contribution in [2.75, 3.05) is 26.2 Å². The normalized spacial score (nSPS) is 19.5. The second-order valence-electron chi connectivity index (χ2n) is 5.85. The monoisotopic (exact) mass is 319 g/mol. The molecule has 0 N–H and O–H groups in total. The van der Waals surface area contributed by atoms with Gasteiger partial charge in [-0.15, -0.1) is 0 Å². The Morgan fingerprint density at radius 3 is 2.82 bits per heavy atom. The number of aryl methyl sites for hydroxylation is 2. The van der Waals surface area contributed by atoms with Crippen LogP contribution >= 0.6 is 11.6 Å². The molecule has 0 saturated carbocycles. The number of rotatable bonds is 5. The molecule has 0 aliphatic carbocycles. The van der Waals surface area contributed by atoms with E-state index in [0.717, 1.165) is 44.2 Å². The number of nitrogens with zero attached hydrogens (tertiary/aromatic N) is 3. The summed E-state index contributed by atoms with van der Waals surface area (Å²) in [6.45, 7) is 6.85. The van der Waals surface area contributed by atoms with Crippen LogP contribution in [0.5, 0.6) is 0 Å². The van der Waals surface area contributed by atoms with Gasteiger partial charge >= 0.3 is 0 Å². The van der Waals surface area contributed by atoms with Crippen molar-refractivity contribution in [3.63, 3.8) is 0 Å². The van der Waals surface area contributed by atoms with E-state index in [0.29, 0.717) is 0 Å². The van der Waals surface area contributed by atoms with E-state index in [9.17, 15) is 0 Å². The van der Waals surface area contributed by atoms with Gasteiger partial charge in [-0.2, -0.15) is 5.10 Å². The zero-order valence-electron chi connectivity index (χ0n) is 12.9. The van der Waals surface area contributed by atoms with Gasteiger partial charge in [-0.1, -0.05) is 23.7 Å². The van der Waals surface area contributed by atoms with Gasteiger partial charge in [-0.25, -0.2) is 0 Å². The van der Waals surface area contributed by atoms with Crippen LogP contribution in [0, 0.1) is 6.92 Å². The number of ether oxygens (including phenoxy) is 1. The lowest BCUT2D eigenvalue weighted by Crippen LogP contribution is -2.39. The number of morpholine rings is 1. The van der Waals surface area contributed by atoms with Crippen LogP contribution in [0.4, 0.5) is 0 Å². The minimum Gasteiger partial charge on any atom is -0.371 e. The van der Waals surface area contributed by atoms with Crippen LogP contribution in [0.25, 0.3) is 0 Å². The van der Waals surface area contributed by atoms with Gasteiger partial charge in [-0.05, 0) is 36.6 Å². The molecule has 1 aromatic heterocycles. The zero-order chi connectivity index (χ0) is 15.4. The molecule has 1 fully saturated rings. The molecule has 2 heterocycles. The lowest BCUT2D eigenvalue weighted by molar-refractivity contribution is -0.0305. The predicted molar refractivity (Wildman–Crippen MR) is 88.2 cm³/mol. The number of aromatic nitrogens is 2. The molecule has 0 spiro atoms. The Labute approximate surface area is 136 Å². The van der Waals surface area contributed by atoms with Gasteiger partial charge in [0.1, 0.15) is 0 Å². The molecule has 1 aromatic carbocycles. The second kappa shape index (κ2) is 7.27. The summed E-state index contributed by atoms with van der Waals surface area (Å²) < 4.78 is 7.92. The fourth-order valence-electron chi connectivity index (χ4n) is 2.83. The van der Waals surface area contributed by atoms with E-state index < -0.39 is 0 Å². The number of hydrogen-bond donors (Lipinski definition) is 0.